The third-order valence-electron chi connectivity index (χ3n) is 3.80. The number of para-hydroxylation sites is 1. The van der Waals surface area contributed by atoms with Crippen LogP contribution in [-0.4, -0.2) is 17.9 Å². The summed E-state index contributed by atoms with van der Waals surface area (Å²) in [6.45, 7) is 1.83. The fraction of sp³-hybridized carbons (Fsp3) is 0.176. The first kappa shape index (κ1) is 15.1. The van der Waals surface area contributed by atoms with Crippen molar-refractivity contribution in [2.45, 2.75) is 19.4 Å². The molecular weight excluding hydrogens is 302 g/mol. The monoisotopic (exact) mass is 316 g/mol. The summed E-state index contributed by atoms with van der Waals surface area (Å²) in [4.78, 5) is 25.9. The van der Waals surface area contributed by atoms with Crippen molar-refractivity contribution in [1.29, 1.82) is 0 Å². The average molecular weight is 316 g/mol. The zero-order valence-corrected chi connectivity index (χ0v) is 12.3. The maximum atomic E-state index is 13.6. The van der Waals surface area contributed by atoms with Gasteiger partial charge >= 0.3 is 11.8 Å². The minimum absolute atomic E-state index is 0.178. The van der Waals surface area contributed by atoms with Crippen LogP contribution < -0.4 is 10.2 Å². The van der Waals surface area contributed by atoms with Gasteiger partial charge in [-0.1, -0.05) is 18.2 Å². The van der Waals surface area contributed by atoms with Crippen molar-refractivity contribution in [2.24, 2.45) is 0 Å². The standard InChI is InChI=1S/C17H14F2N2O2/c1-10-8-11-4-2-3-5-15(11)21(10)17(23)16(22)20-14-9-12(18)6-7-13(14)19/h2-7,9-10H,8H2,1H3,(H,20,22). The van der Waals surface area contributed by atoms with Gasteiger partial charge in [0.05, 0.1) is 5.69 Å². The van der Waals surface area contributed by atoms with Crippen LogP contribution in [0.1, 0.15) is 12.5 Å². The summed E-state index contributed by atoms with van der Waals surface area (Å²) in [5, 5.41) is 2.13. The first-order valence-corrected chi connectivity index (χ1v) is 7.15. The smallest absolute Gasteiger partial charge is 0.315 e. The zero-order chi connectivity index (χ0) is 16.6. The lowest BCUT2D eigenvalue weighted by molar-refractivity contribution is -0.134. The maximum absolute atomic E-state index is 13.6. The fourth-order valence-electron chi connectivity index (χ4n) is 2.75. The Balaban J connectivity index is 1.83. The van der Waals surface area contributed by atoms with E-state index < -0.39 is 23.4 Å². The van der Waals surface area contributed by atoms with Crippen molar-refractivity contribution < 1.29 is 18.4 Å². The number of benzene rings is 2. The molecule has 2 amide bonds. The lowest BCUT2D eigenvalue weighted by Gasteiger charge is -2.22. The summed E-state index contributed by atoms with van der Waals surface area (Å²) < 4.78 is 26.7. The third-order valence-corrected chi connectivity index (χ3v) is 3.80. The number of fused-ring (bicyclic) bond motifs is 1. The summed E-state index contributed by atoms with van der Waals surface area (Å²) in [6.07, 6.45) is 0.642. The number of anilines is 2. The van der Waals surface area contributed by atoms with Crippen LogP contribution in [0.2, 0.25) is 0 Å². The van der Waals surface area contributed by atoms with Crippen LogP contribution in [0.15, 0.2) is 42.5 Å². The van der Waals surface area contributed by atoms with E-state index in [4.69, 9.17) is 0 Å². The highest BCUT2D eigenvalue weighted by atomic mass is 19.1. The Labute approximate surface area is 131 Å². The predicted molar refractivity (Wildman–Crippen MR) is 82.1 cm³/mol. The Bertz CT molecular complexity index is 792. The molecule has 0 saturated heterocycles. The third kappa shape index (κ3) is 2.79. The number of rotatable bonds is 1. The van der Waals surface area contributed by atoms with E-state index in [0.29, 0.717) is 12.1 Å². The summed E-state index contributed by atoms with van der Waals surface area (Å²) in [6, 6.07) is 9.78. The highest BCUT2D eigenvalue weighted by Crippen LogP contribution is 2.32. The molecule has 1 aliphatic heterocycles. The molecule has 118 valence electrons. The second-order valence-electron chi connectivity index (χ2n) is 5.44. The van der Waals surface area contributed by atoms with Crippen LogP contribution in [0.25, 0.3) is 0 Å². The lowest BCUT2D eigenvalue weighted by atomic mass is 10.1. The molecule has 1 aliphatic rings. The van der Waals surface area contributed by atoms with Crippen molar-refractivity contribution in [3.63, 3.8) is 0 Å². The number of hydrogen-bond donors (Lipinski definition) is 1. The normalized spacial score (nSPS) is 16.1. The van der Waals surface area contributed by atoms with E-state index in [-0.39, 0.29) is 11.7 Å². The average Bonchev–Trinajstić information content (AvgIpc) is 2.86. The summed E-state index contributed by atoms with van der Waals surface area (Å²) in [7, 11) is 0. The lowest BCUT2D eigenvalue weighted by Crippen LogP contribution is -2.43. The van der Waals surface area contributed by atoms with Gasteiger partial charge in [0.25, 0.3) is 0 Å². The molecular formula is C17H14F2N2O2. The molecule has 4 nitrogen and oxygen atoms in total. The number of nitrogens with one attached hydrogen (secondary N) is 1. The van der Waals surface area contributed by atoms with Crippen molar-refractivity contribution in [3.05, 3.63) is 59.7 Å². The topological polar surface area (TPSA) is 49.4 Å². The molecule has 0 bridgehead atoms. The quantitative estimate of drug-likeness (QED) is 0.823. The van der Waals surface area contributed by atoms with E-state index >= 15 is 0 Å². The highest BCUT2D eigenvalue weighted by molar-refractivity contribution is 6.44. The van der Waals surface area contributed by atoms with Crippen LogP contribution in [0.5, 0.6) is 0 Å². The van der Waals surface area contributed by atoms with Gasteiger partial charge < -0.3 is 10.2 Å². The number of carbonyl (C=O) groups excluding carboxylic acids is 2. The van der Waals surface area contributed by atoms with E-state index in [1.165, 1.54) is 4.90 Å². The first-order valence-electron chi connectivity index (χ1n) is 7.15. The Morgan fingerprint density at radius 1 is 1.17 bits per heavy atom. The van der Waals surface area contributed by atoms with Gasteiger partial charge in [-0.25, -0.2) is 8.78 Å². The highest BCUT2D eigenvalue weighted by Gasteiger charge is 2.34. The molecule has 1 atom stereocenters. The van der Waals surface area contributed by atoms with Crippen LogP contribution >= 0.6 is 0 Å². The molecule has 2 aromatic rings. The number of halogens is 2. The first-order chi connectivity index (χ1) is 11.0. The molecule has 3 rings (SSSR count). The zero-order valence-electron chi connectivity index (χ0n) is 12.3. The van der Waals surface area contributed by atoms with Gasteiger partial charge in [0, 0.05) is 17.8 Å². The number of carbonyl (C=O) groups is 2. The Morgan fingerprint density at radius 3 is 2.70 bits per heavy atom. The van der Waals surface area contributed by atoms with Gasteiger partial charge in [-0.2, -0.15) is 0 Å². The molecule has 2 aromatic carbocycles. The number of nitrogens with zero attached hydrogens (tertiary/aromatic N) is 1. The predicted octanol–water partition coefficient (Wildman–Crippen LogP) is 2.88. The van der Waals surface area contributed by atoms with Crippen molar-refractivity contribution >= 4 is 23.2 Å². The van der Waals surface area contributed by atoms with Crippen molar-refractivity contribution in [3.8, 4) is 0 Å². The number of hydrogen-bond acceptors (Lipinski definition) is 2. The Kier molecular flexibility index (Phi) is 3.82. The molecule has 6 heteroatoms. The molecule has 1 unspecified atom stereocenters. The van der Waals surface area contributed by atoms with Crippen molar-refractivity contribution in [1.82, 2.24) is 0 Å². The Hall–Kier alpha value is -2.76. The summed E-state index contributed by atoms with van der Waals surface area (Å²) in [5.41, 5.74) is 1.28. The molecule has 1 N–H and O–H groups in total. The van der Waals surface area contributed by atoms with E-state index in [1.54, 1.807) is 12.1 Å². The van der Waals surface area contributed by atoms with Gasteiger partial charge in [-0.3, -0.25) is 9.59 Å². The SMILES string of the molecule is CC1Cc2ccccc2N1C(=O)C(=O)Nc1cc(F)ccc1F. The molecule has 0 fully saturated rings. The number of amides is 2. The van der Waals surface area contributed by atoms with E-state index in [0.717, 1.165) is 23.8 Å². The largest absolute Gasteiger partial charge is 0.316 e. The second kappa shape index (κ2) is 5.79. The maximum Gasteiger partial charge on any atom is 0.316 e. The van der Waals surface area contributed by atoms with Gasteiger partial charge in [0.2, 0.25) is 0 Å². The molecule has 0 saturated carbocycles. The minimum Gasteiger partial charge on any atom is -0.315 e. The molecule has 1 heterocycles. The van der Waals surface area contributed by atoms with Gasteiger partial charge in [-0.05, 0) is 37.1 Å². The molecule has 0 aromatic heterocycles. The van der Waals surface area contributed by atoms with E-state index in [9.17, 15) is 18.4 Å². The summed E-state index contributed by atoms with van der Waals surface area (Å²) >= 11 is 0. The van der Waals surface area contributed by atoms with Gasteiger partial charge in [0.15, 0.2) is 0 Å². The summed E-state index contributed by atoms with van der Waals surface area (Å²) in [5.74, 6) is -3.30. The van der Waals surface area contributed by atoms with Crippen LogP contribution in [0.3, 0.4) is 0 Å². The second-order valence-corrected chi connectivity index (χ2v) is 5.44. The Morgan fingerprint density at radius 2 is 1.91 bits per heavy atom. The molecule has 23 heavy (non-hydrogen) atoms. The van der Waals surface area contributed by atoms with Crippen LogP contribution in [-0.2, 0) is 16.0 Å². The fourth-order valence-corrected chi connectivity index (χ4v) is 2.75. The molecule has 0 radical (unpaired) electrons. The van der Waals surface area contributed by atoms with Gasteiger partial charge in [0.1, 0.15) is 11.6 Å². The van der Waals surface area contributed by atoms with Crippen LogP contribution in [0, 0.1) is 11.6 Å². The van der Waals surface area contributed by atoms with E-state index in [2.05, 4.69) is 5.32 Å². The minimum atomic E-state index is -1.00. The van der Waals surface area contributed by atoms with Gasteiger partial charge in [-0.15, -0.1) is 0 Å². The van der Waals surface area contributed by atoms with Crippen molar-refractivity contribution in [2.75, 3.05) is 10.2 Å². The van der Waals surface area contributed by atoms with E-state index in [1.807, 2.05) is 19.1 Å². The molecule has 0 spiro atoms. The molecule has 0 aliphatic carbocycles. The van der Waals surface area contributed by atoms with Crippen LogP contribution in [0.4, 0.5) is 20.2 Å².